The summed E-state index contributed by atoms with van der Waals surface area (Å²) in [6, 6.07) is 9.78. The molecule has 0 aliphatic rings. The van der Waals surface area contributed by atoms with E-state index in [0.717, 1.165) is 22.2 Å². The third-order valence-corrected chi connectivity index (χ3v) is 2.64. The van der Waals surface area contributed by atoms with E-state index in [9.17, 15) is 0 Å². The third kappa shape index (κ3) is 1.87. The Kier molecular flexibility index (Phi) is 2.30. The van der Waals surface area contributed by atoms with Gasteiger partial charge < -0.3 is 4.52 Å². The van der Waals surface area contributed by atoms with Gasteiger partial charge in [0.1, 0.15) is 0 Å². The molecule has 3 rings (SSSR count). The van der Waals surface area contributed by atoms with Gasteiger partial charge in [0.15, 0.2) is 0 Å². The molecule has 0 unspecified atom stereocenters. The molecule has 0 aliphatic carbocycles. The largest absolute Gasteiger partial charge is 0.321 e. The van der Waals surface area contributed by atoms with Crippen LogP contribution in [-0.2, 0) is 0 Å². The van der Waals surface area contributed by atoms with Gasteiger partial charge in [0, 0.05) is 16.6 Å². The van der Waals surface area contributed by atoms with Crippen LogP contribution in [0, 0.1) is 6.92 Å². The fourth-order valence-electron chi connectivity index (χ4n) is 1.69. The number of aromatic nitrogens is 3. The summed E-state index contributed by atoms with van der Waals surface area (Å²) in [5, 5.41) is 4.85. The highest BCUT2D eigenvalue weighted by molar-refractivity contribution is 6.27. The lowest BCUT2D eigenvalue weighted by Crippen LogP contribution is -1.85. The quantitative estimate of drug-likeness (QED) is 0.660. The zero-order valence-corrected chi connectivity index (χ0v) is 9.77. The number of aryl methyl sites for hydroxylation is 1. The number of halogens is 1. The number of pyridine rings is 1. The number of benzene rings is 1. The molecule has 0 saturated carbocycles. The number of hydrogen-bond acceptors (Lipinski definition) is 4. The summed E-state index contributed by atoms with van der Waals surface area (Å²) >= 11 is 5.60. The Labute approximate surface area is 102 Å². The van der Waals surface area contributed by atoms with E-state index in [2.05, 4.69) is 15.1 Å². The molecule has 2 heterocycles. The standard InChI is InChI=1S/C12H8ClN3O/c1-7-2-3-8-6-9(4-5-10(8)14-7)11-15-12(13)17-16-11/h2-6H,1H3. The summed E-state index contributed by atoms with van der Waals surface area (Å²) in [6.45, 7) is 1.96. The Balaban J connectivity index is 2.16. The molecule has 0 bridgehead atoms. The smallest absolute Gasteiger partial charge is 0.320 e. The molecule has 3 aromatic rings. The van der Waals surface area contributed by atoms with Crippen molar-refractivity contribution in [2.75, 3.05) is 0 Å². The van der Waals surface area contributed by atoms with Gasteiger partial charge in [-0.3, -0.25) is 4.98 Å². The van der Waals surface area contributed by atoms with Crippen LogP contribution < -0.4 is 0 Å². The molecule has 17 heavy (non-hydrogen) atoms. The minimum Gasteiger partial charge on any atom is -0.321 e. The van der Waals surface area contributed by atoms with Crippen molar-refractivity contribution in [2.24, 2.45) is 0 Å². The second-order valence-electron chi connectivity index (χ2n) is 3.73. The van der Waals surface area contributed by atoms with Crippen LogP contribution in [0.5, 0.6) is 0 Å². The van der Waals surface area contributed by atoms with E-state index in [1.807, 2.05) is 37.3 Å². The monoisotopic (exact) mass is 245 g/mol. The van der Waals surface area contributed by atoms with Gasteiger partial charge in [0.25, 0.3) is 0 Å². The average molecular weight is 246 g/mol. The third-order valence-electron chi connectivity index (χ3n) is 2.49. The highest BCUT2D eigenvalue weighted by Crippen LogP contribution is 2.22. The molecule has 5 heteroatoms. The van der Waals surface area contributed by atoms with E-state index in [0.29, 0.717) is 5.82 Å². The molecule has 4 nitrogen and oxygen atoms in total. The van der Waals surface area contributed by atoms with Crippen molar-refractivity contribution in [3.8, 4) is 11.4 Å². The molecule has 0 saturated heterocycles. The number of rotatable bonds is 1. The first kappa shape index (κ1) is 10.2. The van der Waals surface area contributed by atoms with Gasteiger partial charge >= 0.3 is 5.35 Å². The summed E-state index contributed by atoms with van der Waals surface area (Å²) in [5.41, 5.74) is 2.80. The molecule has 0 amide bonds. The van der Waals surface area contributed by atoms with Crippen molar-refractivity contribution in [1.82, 2.24) is 15.1 Å². The zero-order valence-electron chi connectivity index (χ0n) is 9.01. The van der Waals surface area contributed by atoms with E-state index in [4.69, 9.17) is 16.1 Å². The van der Waals surface area contributed by atoms with Crippen molar-refractivity contribution in [2.45, 2.75) is 6.92 Å². The Hall–Kier alpha value is -1.94. The van der Waals surface area contributed by atoms with Gasteiger partial charge in [-0.05, 0) is 42.8 Å². The van der Waals surface area contributed by atoms with E-state index in [1.54, 1.807) is 0 Å². The number of nitrogens with zero attached hydrogens (tertiary/aromatic N) is 3. The Morgan fingerprint density at radius 1 is 1.12 bits per heavy atom. The first-order valence-electron chi connectivity index (χ1n) is 5.09. The molecule has 0 aliphatic heterocycles. The lowest BCUT2D eigenvalue weighted by atomic mass is 10.1. The molecule has 0 N–H and O–H groups in total. The van der Waals surface area contributed by atoms with Crippen molar-refractivity contribution in [3.63, 3.8) is 0 Å². The van der Waals surface area contributed by atoms with E-state index < -0.39 is 0 Å². The van der Waals surface area contributed by atoms with E-state index in [-0.39, 0.29) is 5.35 Å². The van der Waals surface area contributed by atoms with Gasteiger partial charge in [0.2, 0.25) is 5.82 Å². The Bertz CT molecular complexity index is 693. The minimum absolute atomic E-state index is 0.0436. The van der Waals surface area contributed by atoms with Crippen LogP contribution in [0.2, 0.25) is 5.35 Å². The topological polar surface area (TPSA) is 51.8 Å². The molecular weight excluding hydrogens is 238 g/mol. The average Bonchev–Trinajstić information content (AvgIpc) is 2.75. The summed E-state index contributed by atoms with van der Waals surface area (Å²) in [7, 11) is 0. The van der Waals surface area contributed by atoms with Gasteiger partial charge in [-0.2, -0.15) is 4.98 Å². The van der Waals surface area contributed by atoms with Gasteiger partial charge in [0.05, 0.1) is 5.52 Å². The first-order chi connectivity index (χ1) is 8.22. The molecule has 0 radical (unpaired) electrons. The maximum Gasteiger partial charge on any atom is 0.320 e. The van der Waals surface area contributed by atoms with Crippen LogP contribution >= 0.6 is 11.6 Å². The van der Waals surface area contributed by atoms with Crippen LogP contribution in [-0.4, -0.2) is 15.1 Å². The molecule has 2 aromatic heterocycles. The predicted molar refractivity (Wildman–Crippen MR) is 64.8 cm³/mol. The van der Waals surface area contributed by atoms with E-state index >= 15 is 0 Å². The highest BCUT2D eigenvalue weighted by atomic mass is 35.5. The molecule has 0 fully saturated rings. The lowest BCUT2D eigenvalue weighted by molar-refractivity contribution is 0.421. The van der Waals surface area contributed by atoms with Crippen molar-refractivity contribution in [3.05, 3.63) is 41.4 Å². The van der Waals surface area contributed by atoms with Crippen molar-refractivity contribution < 1.29 is 4.52 Å². The molecule has 84 valence electrons. The first-order valence-corrected chi connectivity index (χ1v) is 5.47. The maximum atomic E-state index is 5.60. The predicted octanol–water partition coefficient (Wildman–Crippen LogP) is 3.25. The summed E-state index contributed by atoms with van der Waals surface area (Å²) in [5.74, 6) is 0.484. The van der Waals surface area contributed by atoms with Crippen molar-refractivity contribution in [1.29, 1.82) is 0 Å². The van der Waals surface area contributed by atoms with Gasteiger partial charge in [-0.15, -0.1) is 0 Å². The fraction of sp³-hybridized carbons (Fsp3) is 0.0833. The van der Waals surface area contributed by atoms with Gasteiger partial charge in [-0.1, -0.05) is 11.2 Å². The zero-order chi connectivity index (χ0) is 11.8. The lowest BCUT2D eigenvalue weighted by Gasteiger charge is -2.00. The normalized spacial score (nSPS) is 10.9. The molecule has 0 spiro atoms. The second kappa shape index (κ2) is 3.82. The van der Waals surface area contributed by atoms with Crippen LogP contribution in [0.4, 0.5) is 0 Å². The molecule has 1 aromatic carbocycles. The fourth-order valence-corrected chi connectivity index (χ4v) is 1.80. The molecular formula is C12H8ClN3O. The highest BCUT2D eigenvalue weighted by Gasteiger charge is 2.07. The number of fused-ring (bicyclic) bond motifs is 1. The SMILES string of the molecule is Cc1ccc2cc(-c3noc(Cl)n3)ccc2n1. The van der Waals surface area contributed by atoms with Gasteiger partial charge in [-0.25, -0.2) is 0 Å². The van der Waals surface area contributed by atoms with Crippen LogP contribution in [0.1, 0.15) is 5.69 Å². The minimum atomic E-state index is 0.0436. The summed E-state index contributed by atoms with van der Waals surface area (Å²) in [4.78, 5) is 8.40. The van der Waals surface area contributed by atoms with Crippen LogP contribution in [0.25, 0.3) is 22.3 Å². The second-order valence-corrected chi connectivity index (χ2v) is 4.05. The van der Waals surface area contributed by atoms with Crippen molar-refractivity contribution >= 4 is 22.5 Å². The maximum absolute atomic E-state index is 5.60. The summed E-state index contributed by atoms with van der Waals surface area (Å²) in [6.07, 6.45) is 0. The Morgan fingerprint density at radius 3 is 2.76 bits per heavy atom. The summed E-state index contributed by atoms with van der Waals surface area (Å²) < 4.78 is 4.74. The Morgan fingerprint density at radius 2 is 2.00 bits per heavy atom. The van der Waals surface area contributed by atoms with Crippen LogP contribution in [0.15, 0.2) is 34.9 Å². The van der Waals surface area contributed by atoms with Crippen LogP contribution in [0.3, 0.4) is 0 Å². The van der Waals surface area contributed by atoms with E-state index in [1.165, 1.54) is 0 Å². The number of hydrogen-bond donors (Lipinski definition) is 0. The molecule has 0 atom stereocenters.